The van der Waals surface area contributed by atoms with Gasteiger partial charge in [0.2, 0.25) is 5.60 Å². The number of allylic oxidation sites excluding steroid dienone is 2. The van der Waals surface area contributed by atoms with Crippen LogP contribution in [0.2, 0.25) is 5.02 Å². The second-order valence-corrected chi connectivity index (χ2v) is 9.40. The van der Waals surface area contributed by atoms with Crippen molar-refractivity contribution in [3.05, 3.63) is 70.1 Å². The first-order chi connectivity index (χ1) is 16.3. The third-order valence-corrected chi connectivity index (χ3v) is 6.53. The first-order valence-corrected chi connectivity index (χ1v) is 11.7. The molecule has 0 radical (unpaired) electrons. The third kappa shape index (κ3) is 7.12. The molecule has 1 saturated carbocycles. The molecule has 194 valence electrons. The van der Waals surface area contributed by atoms with Crippen molar-refractivity contribution in [3.63, 3.8) is 0 Å². The summed E-state index contributed by atoms with van der Waals surface area (Å²) in [5.74, 6) is -0.165. The summed E-state index contributed by atoms with van der Waals surface area (Å²) in [5.41, 5.74) is -2.25. The van der Waals surface area contributed by atoms with Crippen LogP contribution in [0.1, 0.15) is 39.2 Å². The van der Waals surface area contributed by atoms with Crippen LogP contribution in [0.15, 0.2) is 64.5 Å². The molecular formula is C26H34ClF3N2O3. The SMILES string of the molecule is C=C(C)/C(=C\C(OC)=C(/C)C(O)(COCC1(c2ccc(Cl)cc2)CC1)C(F)(F)F)N=CN(C)CC. The average molecular weight is 515 g/mol. The Labute approximate surface area is 210 Å². The van der Waals surface area contributed by atoms with Crippen molar-refractivity contribution in [2.75, 3.05) is 33.9 Å². The minimum absolute atomic E-state index is 0.0448. The molecule has 0 aliphatic heterocycles. The van der Waals surface area contributed by atoms with Gasteiger partial charge in [0.25, 0.3) is 0 Å². The smallest absolute Gasteiger partial charge is 0.423 e. The molecule has 1 aliphatic rings. The van der Waals surface area contributed by atoms with E-state index < -0.39 is 24.0 Å². The van der Waals surface area contributed by atoms with Gasteiger partial charge >= 0.3 is 6.18 Å². The topological polar surface area (TPSA) is 54.3 Å². The number of benzene rings is 1. The average Bonchev–Trinajstić information content (AvgIpc) is 3.58. The van der Waals surface area contributed by atoms with E-state index in [1.165, 1.54) is 20.1 Å². The number of alkyl halides is 3. The van der Waals surface area contributed by atoms with E-state index in [0.717, 1.165) is 18.4 Å². The highest BCUT2D eigenvalue weighted by molar-refractivity contribution is 6.30. The van der Waals surface area contributed by atoms with Crippen molar-refractivity contribution in [1.29, 1.82) is 0 Å². The van der Waals surface area contributed by atoms with Crippen molar-refractivity contribution in [3.8, 4) is 0 Å². The minimum Gasteiger partial charge on any atom is -0.497 e. The van der Waals surface area contributed by atoms with Gasteiger partial charge in [-0.3, -0.25) is 0 Å². The maximum absolute atomic E-state index is 14.1. The maximum Gasteiger partial charge on any atom is 0.423 e. The van der Waals surface area contributed by atoms with Crippen LogP contribution in [0.4, 0.5) is 13.2 Å². The van der Waals surface area contributed by atoms with Gasteiger partial charge in [-0.2, -0.15) is 13.2 Å². The summed E-state index contributed by atoms with van der Waals surface area (Å²) in [5, 5.41) is 11.4. The Hall–Kier alpha value is -2.29. The summed E-state index contributed by atoms with van der Waals surface area (Å²) in [4.78, 5) is 6.10. The van der Waals surface area contributed by atoms with Crippen molar-refractivity contribution in [2.24, 2.45) is 4.99 Å². The van der Waals surface area contributed by atoms with E-state index in [2.05, 4.69) is 11.6 Å². The Morgan fingerprint density at radius 1 is 1.26 bits per heavy atom. The Balaban J connectivity index is 2.32. The fourth-order valence-corrected chi connectivity index (χ4v) is 3.55. The van der Waals surface area contributed by atoms with Gasteiger partial charge in [0.05, 0.1) is 32.4 Å². The first kappa shape index (κ1) is 28.9. The fourth-order valence-electron chi connectivity index (χ4n) is 3.43. The van der Waals surface area contributed by atoms with Gasteiger partial charge in [-0.25, -0.2) is 4.99 Å². The van der Waals surface area contributed by atoms with Gasteiger partial charge in [-0.15, -0.1) is 0 Å². The molecule has 1 aromatic rings. The van der Waals surface area contributed by atoms with Crippen molar-refractivity contribution < 1.29 is 27.8 Å². The predicted octanol–water partition coefficient (Wildman–Crippen LogP) is 6.04. The number of aliphatic imine (C=N–C) groups is 1. The lowest BCUT2D eigenvalue weighted by Crippen LogP contribution is -2.51. The highest BCUT2D eigenvalue weighted by Crippen LogP contribution is 2.49. The standard InChI is InChI=1S/C26H34ClF3N2O3/c1-7-32(5)17-31-22(18(2)3)14-23(34-6)19(4)25(33,26(28,29)30)16-35-15-24(12-13-24)20-8-10-21(27)11-9-20/h8-11,14,17,33H,2,7,12-13,15-16H2,1,3-6H3/b22-14+,23-19-,31-17?. The Morgan fingerprint density at radius 3 is 2.31 bits per heavy atom. The molecule has 1 aromatic carbocycles. The summed E-state index contributed by atoms with van der Waals surface area (Å²) < 4.78 is 53.2. The molecule has 0 bridgehead atoms. The molecule has 1 unspecified atom stereocenters. The third-order valence-electron chi connectivity index (χ3n) is 6.28. The molecule has 0 heterocycles. The number of halogens is 4. The molecule has 0 amide bonds. The molecular weight excluding hydrogens is 481 g/mol. The summed E-state index contributed by atoms with van der Waals surface area (Å²) >= 11 is 5.95. The molecule has 0 spiro atoms. The van der Waals surface area contributed by atoms with Crippen LogP contribution in [-0.4, -0.2) is 62.0 Å². The molecule has 1 N–H and O–H groups in total. The molecule has 1 aliphatic carbocycles. The van der Waals surface area contributed by atoms with Gasteiger partial charge in [-0.1, -0.05) is 30.3 Å². The Morgan fingerprint density at radius 2 is 1.86 bits per heavy atom. The van der Waals surface area contributed by atoms with Crippen LogP contribution >= 0.6 is 11.6 Å². The highest BCUT2D eigenvalue weighted by Gasteiger charge is 2.57. The van der Waals surface area contributed by atoms with Gasteiger partial charge < -0.3 is 19.5 Å². The van der Waals surface area contributed by atoms with Crippen molar-refractivity contribution in [2.45, 2.75) is 50.8 Å². The highest BCUT2D eigenvalue weighted by atomic mass is 35.5. The lowest BCUT2D eigenvalue weighted by atomic mass is 9.92. The number of aliphatic hydroxyl groups is 1. The number of methoxy groups -OCH3 is 1. The van der Waals surface area contributed by atoms with E-state index in [4.69, 9.17) is 21.1 Å². The van der Waals surface area contributed by atoms with Crippen LogP contribution in [0.3, 0.4) is 0 Å². The summed E-state index contributed by atoms with van der Waals surface area (Å²) in [6.07, 6.45) is -0.544. The van der Waals surface area contributed by atoms with Crippen LogP contribution in [0, 0.1) is 0 Å². The summed E-state index contributed by atoms with van der Waals surface area (Å²) in [7, 11) is 3.05. The normalized spacial score (nSPS) is 18.2. The van der Waals surface area contributed by atoms with Gasteiger partial charge in [0.15, 0.2) is 0 Å². The second kappa shape index (κ2) is 11.6. The van der Waals surface area contributed by atoms with Crippen LogP contribution in [0.5, 0.6) is 0 Å². The maximum atomic E-state index is 14.1. The minimum atomic E-state index is -5.00. The van der Waals surface area contributed by atoms with Crippen LogP contribution in [-0.2, 0) is 14.9 Å². The van der Waals surface area contributed by atoms with Crippen molar-refractivity contribution >= 4 is 17.9 Å². The first-order valence-electron chi connectivity index (χ1n) is 11.3. The van der Waals surface area contributed by atoms with Gasteiger partial charge in [0, 0.05) is 35.7 Å². The lowest BCUT2D eigenvalue weighted by molar-refractivity contribution is -0.260. The largest absolute Gasteiger partial charge is 0.497 e. The van der Waals surface area contributed by atoms with E-state index in [1.54, 1.807) is 30.3 Å². The van der Waals surface area contributed by atoms with E-state index in [-0.39, 0.29) is 17.8 Å². The molecule has 1 fully saturated rings. The number of hydrogen-bond acceptors (Lipinski definition) is 4. The van der Waals surface area contributed by atoms with E-state index >= 15 is 0 Å². The molecule has 0 saturated heterocycles. The van der Waals surface area contributed by atoms with Gasteiger partial charge in [-0.05, 0) is 56.9 Å². The number of rotatable bonds is 12. The zero-order chi connectivity index (χ0) is 26.4. The molecule has 9 heteroatoms. The van der Waals surface area contributed by atoms with E-state index in [9.17, 15) is 18.3 Å². The van der Waals surface area contributed by atoms with E-state index in [0.29, 0.717) is 22.8 Å². The summed E-state index contributed by atoms with van der Waals surface area (Å²) in [6, 6.07) is 7.19. The summed E-state index contributed by atoms with van der Waals surface area (Å²) in [6.45, 7) is 8.40. The molecule has 2 rings (SSSR count). The predicted molar refractivity (Wildman–Crippen MR) is 134 cm³/mol. The Bertz CT molecular complexity index is 983. The van der Waals surface area contributed by atoms with Crippen LogP contribution < -0.4 is 0 Å². The molecule has 35 heavy (non-hydrogen) atoms. The monoisotopic (exact) mass is 514 g/mol. The van der Waals surface area contributed by atoms with E-state index in [1.807, 2.05) is 26.1 Å². The molecule has 1 atom stereocenters. The Kier molecular flexibility index (Phi) is 9.62. The molecule has 0 aromatic heterocycles. The molecule has 5 nitrogen and oxygen atoms in total. The number of hydrogen-bond donors (Lipinski definition) is 1. The lowest BCUT2D eigenvalue weighted by Gasteiger charge is -2.32. The zero-order valence-corrected chi connectivity index (χ0v) is 21.6. The number of nitrogens with zero attached hydrogens (tertiary/aromatic N) is 2. The fraction of sp³-hybridized carbons (Fsp3) is 0.500. The van der Waals surface area contributed by atoms with Gasteiger partial charge in [0.1, 0.15) is 5.76 Å². The van der Waals surface area contributed by atoms with Crippen LogP contribution in [0.25, 0.3) is 0 Å². The number of ether oxygens (including phenoxy) is 2. The zero-order valence-electron chi connectivity index (χ0n) is 20.9. The second-order valence-electron chi connectivity index (χ2n) is 8.96. The van der Waals surface area contributed by atoms with Crippen molar-refractivity contribution in [1.82, 2.24) is 4.90 Å². The quantitative estimate of drug-likeness (QED) is 0.160.